The molecule has 1 saturated heterocycles. The third kappa shape index (κ3) is 4.55. The highest BCUT2D eigenvalue weighted by molar-refractivity contribution is 4.84. The highest BCUT2D eigenvalue weighted by atomic mass is 15.2. The molecule has 1 aliphatic rings. The van der Waals surface area contributed by atoms with E-state index < -0.39 is 0 Å². The average molecular weight is 211 g/mol. The smallest absolute Gasteiger partial charge is 0.0153 e. The van der Waals surface area contributed by atoms with Gasteiger partial charge in [-0.1, -0.05) is 27.2 Å². The molecule has 0 unspecified atom stereocenters. The van der Waals surface area contributed by atoms with E-state index in [1.165, 1.54) is 45.2 Å². The average Bonchev–Trinajstić information content (AvgIpc) is 2.52. The standard InChI is InChI=1S/C14H29N/c1-13(2,3)9-8-10-14(4,5)15-11-6-7-12-15/h6-12H2,1-5H3. The second-order valence-corrected chi connectivity index (χ2v) is 6.92. The predicted octanol–water partition coefficient (Wildman–Crippen LogP) is 4.08. The fraction of sp³-hybridized carbons (Fsp3) is 1.00. The summed E-state index contributed by atoms with van der Waals surface area (Å²) < 4.78 is 0. The van der Waals surface area contributed by atoms with E-state index in [1.807, 2.05) is 0 Å². The van der Waals surface area contributed by atoms with Crippen LogP contribution in [0.25, 0.3) is 0 Å². The molecule has 1 heteroatoms. The van der Waals surface area contributed by atoms with E-state index in [4.69, 9.17) is 0 Å². The van der Waals surface area contributed by atoms with Crippen molar-refractivity contribution >= 4 is 0 Å². The SMILES string of the molecule is CC(C)(C)CCCC(C)(C)N1CCCC1. The molecule has 1 aliphatic heterocycles. The van der Waals surface area contributed by atoms with Crippen LogP contribution in [-0.4, -0.2) is 23.5 Å². The lowest BCUT2D eigenvalue weighted by Gasteiger charge is -2.36. The molecule has 1 nitrogen and oxygen atoms in total. The van der Waals surface area contributed by atoms with Crippen LogP contribution < -0.4 is 0 Å². The minimum absolute atomic E-state index is 0.432. The molecule has 0 aromatic rings. The Balaban J connectivity index is 2.29. The summed E-state index contributed by atoms with van der Waals surface area (Å²) in [6.45, 7) is 14.5. The van der Waals surface area contributed by atoms with Gasteiger partial charge in [0.05, 0.1) is 0 Å². The highest BCUT2D eigenvalue weighted by Crippen LogP contribution is 2.29. The van der Waals surface area contributed by atoms with Gasteiger partial charge in [0.1, 0.15) is 0 Å². The summed E-state index contributed by atoms with van der Waals surface area (Å²) in [4.78, 5) is 2.68. The number of hydrogen-bond acceptors (Lipinski definition) is 1. The Labute approximate surface area is 96.2 Å². The van der Waals surface area contributed by atoms with Gasteiger partial charge in [0.25, 0.3) is 0 Å². The normalized spacial score (nSPS) is 19.8. The minimum Gasteiger partial charge on any atom is -0.298 e. The van der Waals surface area contributed by atoms with Gasteiger partial charge < -0.3 is 0 Å². The van der Waals surface area contributed by atoms with Gasteiger partial charge in [0.15, 0.2) is 0 Å². The van der Waals surface area contributed by atoms with Gasteiger partial charge in [-0.3, -0.25) is 4.90 Å². The zero-order valence-corrected chi connectivity index (χ0v) is 11.4. The minimum atomic E-state index is 0.432. The van der Waals surface area contributed by atoms with E-state index in [1.54, 1.807) is 0 Å². The van der Waals surface area contributed by atoms with Crippen molar-refractivity contribution in [2.24, 2.45) is 5.41 Å². The van der Waals surface area contributed by atoms with Gasteiger partial charge in [-0.05, 0) is 58.0 Å². The summed E-state index contributed by atoms with van der Waals surface area (Å²) in [6, 6.07) is 0. The second-order valence-electron chi connectivity index (χ2n) is 6.92. The fourth-order valence-electron chi connectivity index (χ4n) is 2.53. The quantitative estimate of drug-likeness (QED) is 0.677. The molecule has 0 aliphatic carbocycles. The molecule has 1 rings (SSSR count). The molecule has 1 heterocycles. The first-order chi connectivity index (χ1) is 6.81. The topological polar surface area (TPSA) is 3.24 Å². The van der Waals surface area contributed by atoms with Gasteiger partial charge in [-0.2, -0.15) is 0 Å². The molecule has 90 valence electrons. The Morgan fingerprint density at radius 3 is 1.87 bits per heavy atom. The molecule has 0 aromatic heterocycles. The monoisotopic (exact) mass is 211 g/mol. The van der Waals surface area contributed by atoms with Gasteiger partial charge >= 0.3 is 0 Å². The largest absolute Gasteiger partial charge is 0.298 e. The summed E-state index contributed by atoms with van der Waals surface area (Å²) in [6.07, 6.45) is 6.88. The molecule has 0 atom stereocenters. The van der Waals surface area contributed by atoms with Crippen LogP contribution >= 0.6 is 0 Å². The lowest BCUT2D eigenvalue weighted by molar-refractivity contribution is 0.136. The second kappa shape index (κ2) is 4.86. The summed E-state index contributed by atoms with van der Waals surface area (Å²) in [5, 5.41) is 0. The number of hydrogen-bond donors (Lipinski definition) is 0. The van der Waals surface area contributed by atoms with E-state index in [2.05, 4.69) is 39.5 Å². The van der Waals surface area contributed by atoms with Crippen molar-refractivity contribution in [2.45, 2.75) is 72.3 Å². The van der Waals surface area contributed by atoms with E-state index in [9.17, 15) is 0 Å². The Hall–Kier alpha value is -0.0400. The van der Waals surface area contributed by atoms with Crippen molar-refractivity contribution < 1.29 is 0 Å². The lowest BCUT2D eigenvalue weighted by atomic mass is 9.86. The van der Waals surface area contributed by atoms with Gasteiger partial charge in [0, 0.05) is 5.54 Å². The van der Waals surface area contributed by atoms with Crippen molar-refractivity contribution in [2.75, 3.05) is 13.1 Å². The van der Waals surface area contributed by atoms with Crippen LogP contribution in [0.2, 0.25) is 0 Å². The molecule has 15 heavy (non-hydrogen) atoms. The van der Waals surface area contributed by atoms with Crippen LogP contribution in [0.1, 0.15) is 66.7 Å². The summed E-state index contributed by atoms with van der Waals surface area (Å²) in [5.74, 6) is 0. The molecule has 0 N–H and O–H groups in total. The Bertz CT molecular complexity index is 182. The third-order valence-corrected chi connectivity index (χ3v) is 3.68. The van der Waals surface area contributed by atoms with Crippen molar-refractivity contribution in [3.63, 3.8) is 0 Å². The molecule has 0 amide bonds. The van der Waals surface area contributed by atoms with Crippen molar-refractivity contribution in [3.05, 3.63) is 0 Å². The maximum absolute atomic E-state index is 2.68. The predicted molar refractivity (Wildman–Crippen MR) is 68.2 cm³/mol. The third-order valence-electron chi connectivity index (χ3n) is 3.68. The Morgan fingerprint density at radius 1 is 0.867 bits per heavy atom. The first kappa shape index (κ1) is 13.0. The van der Waals surface area contributed by atoms with E-state index in [-0.39, 0.29) is 0 Å². The fourth-order valence-corrected chi connectivity index (χ4v) is 2.53. The van der Waals surface area contributed by atoms with Crippen LogP contribution in [-0.2, 0) is 0 Å². The van der Waals surface area contributed by atoms with Crippen LogP contribution in [0, 0.1) is 5.41 Å². The molecule has 0 saturated carbocycles. The van der Waals surface area contributed by atoms with Gasteiger partial charge in [-0.15, -0.1) is 0 Å². The summed E-state index contributed by atoms with van der Waals surface area (Å²) in [5.41, 5.74) is 0.933. The molecular weight excluding hydrogens is 182 g/mol. The number of likely N-dealkylation sites (tertiary alicyclic amines) is 1. The maximum atomic E-state index is 2.68. The highest BCUT2D eigenvalue weighted by Gasteiger charge is 2.28. The molecule has 0 aromatic carbocycles. The van der Waals surface area contributed by atoms with Crippen molar-refractivity contribution in [1.82, 2.24) is 4.90 Å². The first-order valence-corrected chi connectivity index (χ1v) is 6.56. The number of rotatable bonds is 4. The van der Waals surface area contributed by atoms with Crippen LogP contribution in [0.4, 0.5) is 0 Å². The van der Waals surface area contributed by atoms with E-state index in [0.717, 1.165) is 0 Å². The molecular formula is C14H29N. The van der Waals surface area contributed by atoms with Gasteiger partial charge in [0.2, 0.25) is 0 Å². The number of nitrogens with zero attached hydrogens (tertiary/aromatic N) is 1. The summed E-state index contributed by atoms with van der Waals surface area (Å²) >= 11 is 0. The van der Waals surface area contributed by atoms with Crippen LogP contribution in [0.15, 0.2) is 0 Å². The first-order valence-electron chi connectivity index (χ1n) is 6.56. The molecule has 0 radical (unpaired) electrons. The zero-order valence-electron chi connectivity index (χ0n) is 11.4. The molecule has 1 fully saturated rings. The van der Waals surface area contributed by atoms with Crippen LogP contribution in [0.5, 0.6) is 0 Å². The lowest BCUT2D eigenvalue weighted by Crippen LogP contribution is -2.41. The van der Waals surface area contributed by atoms with Gasteiger partial charge in [-0.25, -0.2) is 0 Å². The maximum Gasteiger partial charge on any atom is 0.0153 e. The molecule has 0 spiro atoms. The Kier molecular flexibility index (Phi) is 4.22. The van der Waals surface area contributed by atoms with Crippen molar-refractivity contribution in [3.8, 4) is 0 Å². The van der Waals surface area contributed by atoms with E-state index in [0.29, 0.717) is 11.0 Å². The summed E-state index contributed by atoms with van der Waals surface area (Å²) in [7, 11) is 0. The van der Waals surface area contributed by atoms with E-state index >= 15 is 0 Å². The van der Waals surface area contributed by atoms with Crippen LogP contribution in [0.3, 0.4) is 0 Å². The Morgan fingerprint density at radius 2 is 1.40 bits per heavy atom. The zero-order chi connectivity index (χ0) is 11.5. The van der Waals surface area contributed by atoms with Crippen molar-refractivity contribution in [1.29, 1.82) is 0 Å². The molecule has 0 bridgehead atoms.